The van der Waals surface area contributed by atoms with Crippen molar-refractivity contribution in [3.8, 4) is 0 Å². The Kier molecular flexibility index (Phi) is 7.49. The standard InChI is InChI=1S/C31H36FN5O/c1-9-10-16-36-22(5)29-30(37(24(36)7)26-13-11-12-25(18-26)33-23(6)38)20(3)21(4)35(8)31(29)34-28-15-14-19(2)17-27(28)32/h11-15,17-18,34H,4-5,7,9-10,16H2,1-3,6,8H3,(H,33,38). The molecule has 2 aromatic carbocycles. The van der Waals surface area contributed by atoms with Crippen LogP contribution in [0.3, 0.4) is 0 Å². The van der Waals surface area contributed by atoms with Crippen molar-refractivity contribution in [1.29, 1.82) is 0 Å². The quantitative estimate of drug-likeness (QED) is 0.415. The lowest BCUT2D eigenvalue weighted by Crippen LogP contribution is -2.45. The number of anilines is 3. The molecular formula is C31H36FN5O. The zero-order valence-corrected chi connectivity index (χ0v) is 22.9. The molecule has 0 radical (unpaired) electrons. The first kappa shape index (κ1) is 26.8. The summed E-state index contributed by atoms with van der Waals surface area (Å²) in [5.41, 5.74) is 6.93. The fourth-order valence-corrected chi connectivity index (χ4v) is 4.86. The summed E-state index contributed by atoms with van der Waals surface area (Å²) >= 11 is 0. The summed E-state index contributed by atoms with van der Waals surface area (Å²) in [5.74, 6) is 0.950. The number of carbonyl (C=O) groups is 1. The summed E-state index contributed by atoms with van der Waals surface area (Å²) in [5, 5.41) is 6.21. The van der Waals surface area contributed by atoms with Crippen LogP contribution >= 0.6 is 0 Å². The lowest BCUT2D eigenvalue weighted by molar-refractivity contribution is -0.114. The number of hydrogen-bond donors (Lipinski definition) is 2. The van der Waals surface area contributed by atoms with E-state index in [-0.39, 0.29) is 11.7 Å². The fourth-order valence-electron chi connectivity index (χ4n) is 4.86. The Labute approximate surface area is 225 Å². The normalized spacial score (nSPS) is 15.8. The van der Waals surface area contributed by atoms with Gasteiger partial charge in [-0.05, 0) is 61.7 Å². The molecular weight excluding hydrogens is 477 g/mol. The van der Waals surface area contributed by atoms with Crippen LogP contribution in [0.1, 0.15) is 39.2 Å². The van der Waals surface area contributed by atoms with Gasteiger partial charge in [-0.3, -0.25) is 9.69 Å². The van der Waals surface area contributed by atoms with Gasteiger partial charge in [0, 0.05) is 43.3 Å². The Morgan fingerprint density at radius 1 is 1.05 bits per heavy atom. The Morgan fingerprint density at radius 2 is 1.79 bits per heavy atom. The van der Waals surface area contributed by atoms with E-state index in [2.05, 4.69) is 47.1 Å². The second-order valence-corrected chi connectivity index (χ2v) is 9.75. The van der Waals surface area contributed by atoms with Gasteiger partial charge < -0.3 is 20.4 Å². The molecule has 4 rings (SSSR count). The van der Waals surface area contributed by atoms with E-state index >= 15 is 0 Å². The third-order valence-corrected chi connectivity index (χ3v) is 6.95. The maximum Gasteiger partial charge on any atom is 0.221 e. The van der Waals surface area contributed by atoms with Crippen LogP contribution in [0.25, 0.3) is 0 Å². The van der Waals surface area contributed by atoms with E-state index in [1.54, 1.807) is 6.07 Å². The van der Waals surface area contributed by atoms with Gasteiger partial charge in [0.05, 0.1) is 17.0 Å². The molecule has 0 saturated carbocycles. The first-order chi connectivity index (χ1) is 18.0. The van der Waals surface area contributed by atoms with Gasteiger partial charge in [0.2, 0.25) is 5.91 Å². The molecule has 2 aromatic rings. The Balaban J connectivity index is 1.95. The van der Waals surface area contributed by atoms with Gasteiger partial charge in [0.25, 0.3) is 0 Å². The van der Waals surface area contributed by atoms with Gasteiger partial charge in [0.15, 0.2) is 0 Å². The van der Waals surface area contributed by atoms with Crippen LogP contribution in [0.5, 0.6) is 0 Å². The molecule has 2 aliphatic heterocycles. The van der Waals surface area contributed by atoms with Crippen molar-refractivity contribution in [3.63, 3.8) is 0 Å². The summed E-state index contributed by atoms with van der Waals surface area (Å²) in [6, 6.07) is 12.8. The van der Waals surface area contributed by atoms with E-state index in [0.29, 0.717) is 17.2 Å². The summed E-state index contributed by atoms with van der Waals surface area (Å²) < 4.78 is 15.0. The molecule has 7 heteroatoms. The van der Waals surface area contributed by atoms with E-state index in [1.807, 2.05) is 56.1 Å². The molecule has 198 valence electrons. The predicted octanol–water partition coefficient (Wildman–Crippen LogP) is 7.06. The highest BCUT2D eigenvalue weighted by Gasteiger charge is 2.40. The van der Waals surface area contributed by atoms with Gasteiger partial charge in [-0.2, -0.15) is 0 Å². The molecule has 2 N–H and O–H groups in total. The van der Waals surface area contributed by atoms with Crippen LogP contribution in [0.2, 0.25) is 0 Å². The molecule has 0 unspecified atom stereocenters. The molecule has 6 nitrogen and oxygen atoms in total. The van der Waals surface area contributed by atoms with Crippen LogP contribution in [0.4, 0.5) is 21.5 Å². The molecule has 2 aliphatic rings. The largest absolute Gasteiger partial charge is 0.339 e. The number of likely N-dealkylation sites (N-methyl/N-ethyl adjacent to an activating group) is 1. The van der Waals surface area contributed by atoms with Crippen molar-refractivity contribution < 1.29 is 9.18 Å². The second-order valence-electron chi connectivity index (χ2n) is 9.75. The minimum atomic E-state index is -0.335. The van der Waals surface area contributed by atoms with Crippen LogP contribution in [0.15, 0.2) is 102 Å². The third-order valence-electron chi connectivity index (χ3n) is 6.95. The number of nitrogens with zero attached hydrogens (tertiary/aromatic N) is 3. The highest BCUT2D eigenvalue weighted by Crippen LogP contribution is 2.47. The van der Waals surface area contributed by atoms with E-state index < -0.39 is 0 Å². The lowest BCUT2D eigenvalue weighted by atomic mass is 9.93. The van der Waals surface area contributed by atoms with E-state index in [1.165, 1.54) is 13.0 Å². The maximum absolute atomic E-state index is 15.0. The molecule has 1 saturated heterocycles. The molecule has 0 aliphatic carbocycles. The predicted molar refractivity (Wildman–Crippen MR) is 155 cm³/mol. The minimum absolute atomic E-state index is 0.146. The Morgan fingerprint density at radius 3 is 2.45 bits per heavy atom. The number of unbranched alkanes of at least 4 members (excludes halogenated alkanes) is 1. The van der Waals surface area contributed by atoms with Crippen LogP contribution < -0.4 is 15.5 Å². The zero-order chi connectivity index (χ0) is 27.7. The van der Waals surface area contributed by atoms with Crippen molar-refractivity contribution in [1.82, 2.24) is 9.80 Å². The van der Waals surface area contributed by atoms with Crippen LogP contribution in [-0.4, -0.2) is 29.3 Å². The molecule has 38 heavy (non-hydrogen) atoms. The molecule has 0 spiro atoms. The molecule has 2 heterocycles. The highest BCUT2D eigenvalue weighted by molar-refractivity contribution is 5.89. The highest BCUT2D eigenvalue weighted by atomic mass is 19.1. The van der Waals surface area contributed by atoms with Gasteiger partial charge in [-0.1, -0.05) is 45.2 Å². The fraction of sp³-hybridized carbons (Fsp3) is 0.258. The average Bonchev–Trinajstić information content (AvgIpc) is 2.86. The van der Waals surface area contributed by atoms with Crippen molar-refractivity contribution in [2.24, 2.45) is 0 Å². The number of fused-ring (bicyclic) bond motifs is 1. The summed E-state index contributed by atoms with van der Waals surface area (Å²) in [4.78, 5) is 17.9. The van der Waals surface area contributed by atoms with Crippen molar-refractivity contribution >= 4 is 23.0 Å². The number of carbonyl (C=O) groups excluding carboxylic acids is 1. The number of amides is 1. The van der Waals surface area contributed by atoms with Crippen molar-refractivity contribution in [2.45, 2.75) is 40.5 Å². The van der Waals surface area contributed by atoms with Gasteiger partial charge in [0.1, 0.15) is 17.5 Å². The van der Waals surface area contributed by atoms with Gasteiger partial charge in [-0.15, -0.1) is 0 Å². The third kappa shape index (κ3) is 4.84. The van der Waals surface area contributed by atoms with Crippen molar-refractivity contribution in [2.75, 3.05) is 29.1 Å². The van der Waals surface area contributed by atoms with E-state index in [0.717, 1.165) is 64.7 Å². The number of benzene rings is 2. The summed E-state index contributed by atoms with van der Waals surface area (Å²) in [7, 11) is 1.92. The number of hydrogen-bond acceptors (Lipinski definition) is 5. The molecule has 0 aromatic heterocycles. The van der Waals surface area contributed by atoms with E-state index in [9.17, 15) is 9.18 Å². The summed E-state index contributed by atoms with van der Waals surface area (Å²) in [6.45, 7) is 21.5. The lowest BCUT2D eigenvalue weighted by Gasteiger charge is -2.48. The molecule has 1 fully saturated rings. The number of nitrogens with one attached hydrogen (secondary N) is 2. The summed E-state index contributed by atoms with van der Waals surface area (Å²) in [6.07, 6.45) is 1.95. The minimum Gasteiger partial charge on any atom is -0.339 e. The SMILES string of the molecule is C=C1C(C)=C2C(=C(Nc3ccc(C)cc3F)N1C)C(=C)N(CCCC)C(=C)N2c1cccc(NC(C)=O)c1. The average molecular weight is 514 g/mol. The smallest absolute Gasteiger partial charge is 0.221 e. The maximum atomic E-state index is 15.0. The first-order valence-corrected chi connectivity index (χ1v) is 12.8. The monoisotopic (exact) mass is 513 g/mol. The number of halogens is 1. The van der Waals surface area contributed by atoms with Crippen LogP contribution in [-0.2, 0) is 4.79 Å². The molecule has 0 bridgehead atoms. The van der Waals surface area contributed by atoms with Crippen molar-refractivity contribution in [3.05, 3.63) is 113 Å². The van der Waals surface area contributed by atoms with Gasteiger partial charge in [-0.25, -0.2) is 4.39 Å². The topological polar surface area (TPSA) is 50.9 Å². The molecule has 0 atom stereocenters. The number of allylic oxidation sites excluding steroid dienone is 1. The van der Waals surface area contributed by atoms with Crippen LogP contribution in [0, 0.1) is 12.7 Å². The zero-order valence-electron chi connectivity index (χ0n) is 22.9. The number of aryl methyl sites for hydroxylation is 1. The molecule has 1 amide bonds. The first-order valence-electron chi connectivity index (χ1n) is 12.8. The van der Waals surface area contributed by atoms with E-state index in [4.69, 9.17) is 0 Å². The van der Waals surface area contributed by atoms with Gasteiger partial charge >= 0.3 is 0 Å². The Hall–Kier alpha value is -4.26. The number of rotatable bonds is 7. The Bertz CT molecular complexity index is 1400. The second kappa shape index (κ2) is 10.6.